The van der Waals surface area contributed by atoms with Gasteiger partial charge < -0.3 is 10.4 Å². The zero-order chi connectivity index (χ0) is 18.3. The molecule has 1 aromatic carbocycles. The number of hydrogen-bond acceptors (Lipinski definition) is 2. The van der Waals surface area contributed by atoms with Gasteiger partial charge in [0.25, 0.3) is 0 Å². The second-order valence-corrected chi connectivity index (χ2v) is 8.56. The van der Waals surface area contributed by atoms with Gasteiger partial charge in [0.2, 0.25) is 5.91 Å². The fourth-order valence-electron chi connectivity index (χ4n) is 3.71. The smallest absolute Gasteiger partial charge is 0.393 e. The molecule has 134 valence electrons. The monoisotopic (exact) mass is 407 g/mol. The lowest BCUT2D eigenvalue weighted by Crippen LogP contribution is -2.45. The van der Waals surface area contributed by atoms with Crippen LogP contribution in [0.1, 0.15) is 45.6 Å². The number of aliphatic hydroxyl groups is 1. The molecule has 24 heavy (non-hydrogen) atoms. The molecule has 0 heterocycles. The van der Waals surface area contributed by atoms with E-state index in [-0.39, 0.29) is 21.5 Å². The Bertz CT molecular complexity index is 645. The SMILES string of the molecule is CC1(C)CC(O)CC(C)(C(=O)Nc2cc(Br)cc(C(F)(F)F)c2)C1. The lowest BCUT2D eigenvalue weighted by atomic mass is 9.63. The fraction of sp³-hybridized carbons (Fsp3) is 0.588. The Morgan fingerprint density at radius 1 is 1.25 bits per heavy atom. The Kier molecular flexibility index (Phi) is 5.08. The Labute approximate surface area is 147 Å². The summed E-state index contributed by atoms with van der Waals surface area (Å²) in [7, 11) is 0. The number of amides is 1. The highest BCUT2D eigenvalue weighted by Crippen LogP contribution is 2.46. The summed E-state index contributed by atoms with van der Waals surface area (Å²) in [5.41, 5.74) is -1.79. The molecular weight excluding hydrogens is 387 g/mol. The summed E-state index contributed by atoms with van der Waals surface area (Å²) in [6.45, 7) is 5.69. The first-order valence-electron chi connectivity index (χ1n) is 7.68. The van der Waals surface area contributed by atoms with Crippen LogP contribution in [0.4, 0.5) is 18.9 Å². The first-order valence-corrected chi connectivity index (χ1v) is 8.47. The standard InChI is InChI=1S/C17H21BrF3NO2/c1-15(2)7-13(23)8-16(3,9-15)14(24)22-12-5-10(17(19,20)21)4-11(18)6-12/h4-6,13,23H,7-9H2,1-3H3,(H,22,24). The van der Waals surface area contributed by atoms with Crippen LogP contribution in [-0.4, -0.2) is 17.1 Å². The van der Waals surface area contributed by atoms with E-state index in [1.807, 2.05) is 13.8 Å². The number of anilines is 1. The van der Waals surface area contributed by atoms with Gasteiger partial charge in [-0.15, -0.1) is 0 Å². The zero-order valence-corrected chi connectivity index (χ0v) is 15.4. The number of nitrogens with one attached hydrogen (secondary N) is 1. The highest BCUT2D eigenvalue weighted by atomic mass is 79.9. The van der Waals surface area contributed by atoms with Crippen LogP contribution in [0.5, 0.6) is 0 Å². The van der Waals surface area contributed by atoms with Crippen LogP contribution in [0.2, 0.25) is 0 Å². The van der Waals surface area contributed by atoms with Crippen molar-refractivity contribution in [3.05, 3.63) is 28.2 Å². The summed E-state index contributed by atoms with van der Waals surface area (Å²) in [6, 6.07) is 3.31. The number of alkyl halides is 3. The van der Waals surface area contributed by atoms with Gasteiger partial charge in [-0.1, -0.05) is 36.7 Å². The maximum Gasteiger partial charge on any atom is 0.416 e. The Morgan fingerprint density at radius 3 is 2.42 bits per heavy atom. The average molecular weight is 408 g/mol. The van der Waals surface area contributed by atoms with Gasteiger partial charge in [0, 0.05) is 15.6 Å². The van der Waals surface area contributed by atoms with Crippen molar-refractivity contribution in [2.45, 2.75) is 52.3 Å². The van der Waals surface area contributed by atoms with E-state index in [2.05, 4.69) is 21.2 Å². The Hall–Kier alpha value is -1.08. The van der Waals surface area contributed by atoms with Crippen molar-refractivity contribution in [1.29, 1.82) is 0 Å². The molecule has 2 N–H and O–H groups in total. The molecule has 0 aromatic heterocycles. The Morgan fingerprint density at radius 2 is 1.88 bits per heavy atom. The number of hydrogen-bond donors (Lipinski definition) is 2. The number of halogens is 4. The van der Waals surface area contributed by atoms with Crippen molar-refractivity contribution in [3.8, 4) is 0 Å². The van der Waals surface area contributed by atoms with Gasteiger partial charge in [0.1, 0.15) is 0 Å². The predicted molar refractivity (Wildman–Crippen MR) is 89.5 cm³/mol. The molecule has 3 nitrogen and oxygen atoms in total. The lowest BCUT2D eigenvalue weighted by Gasteiger charge is -2.44. The van der Waals surface area contributed by atoms with Crippen molar-refractivity contribution in [2.24, 2.45) is 10.8 Å². The minimum Gasteiger partial charge on any atom is -0.393 e. The number of rotatable bonds is 2. The third-order valence-corrected chi connectivity index (χ3v) is 4.83. The summed E-state index contributed by atoms with van der Waals surface area (Å²) < 4.78 is 38.9. The third kappa shape index (κ3) is 4.51. The molecule has 0 aliphatic heterocycles. The van der Waals surface area contributed by atoms with E-state index in [0.717, 1.165) is 12.1 Å². The number of aliphatic hydroxyl groups excluding tert-OH is 1. The van der Waals surface area contributed by atoms with Crippen molar-refractivity contribution in [2.75, 3.05) is 5.32 Å². The quantitative estimate of drug-likeness (QED) is 0.725. The van der Waals surface area contributed by atoms with Gasteiger partial charge in [0.15, 0.2) is 0 Å². The van der Waals surface area contributed by atoms with Crippen LogP contribution in [0, 0.1) is 10.8 Å². The molecule has 0 saturated heterocycles. The van der Waals surface area contributed by atoms with Crippen LogP contribution in [0.15, 0.2) is 22.7 Å². The Balaban J connectivity index is 2.25. The van der Waals surface area contributed by atoms with Gasteiger partial charge in [-0.3, -0.25) is 4.79 Å². The molecular formula is C17H21BrF3NO2. The molecule has 1 aliphatic rings. The van der Waals surface area contributed by atoms with E-state index < -0.39 is 23.3 Å². The molecule has 0 bridgehead atoms. The van der Waals surface area contributed by atoms with Gasteiger partial charge in [-0.25, -0.2) is 0 Å². The van der Waals surface area contributed by atoms with Crippen molar-refractivity contribution in [1.82, 2.24) is 0 Å². The molecule has 1 aliphatic carbocycles. The summed E-state index contributed by atoms with van der Waals surface area (Å²) in [4.78, 5) is 12.7. The molecule has 0 spiro atoms. The first kappa shape index (κ1) is 19.2. The van der Waals surface area contributed by atoms with E-state index >= 15 is 0 Å². The second kappa shape index (κ2) is 6.33. The van der Waals surface area contributed by atoms with Crippen LogP contribution in [0.3, 0.4) is 0 Å². The number of carbonyl (C=O) groups is 1. The van der Waals surface area contributed by atoms with Gasteiger partial charge in [-0.05, 0) is 42.9 Å². The normalized spacial score (nSPS) is 26.9. The van der Waals surface area contributed by atoms with Crippen LogP contribution >= 0.6 is 15.9 Å². The highest BCUT2D eigenvalue weighted by molar-refractivity contribution is 9.10. The van der Waals surface area contributed by atoms with Crippen LogP contribution in [0.25, 0.3) is 0 Å². The maximum absolute atomic E-state index is 12.9. The molecule has 2 atom stereocenters. The number of carbonyl (C=O) groups excluding carboxylic acids is 1. The molecule has 1 amide bonds. The topological polar surface area (TPSA) is 49.3 Å². The summed E-state index contributed by atoms with van der Waals surface area (Å²) in [6.07, 6.45) is -3.63. The largest absolute Gasteiger partial charge is 0.416 e. The third-order valence-electron chi connectivity index (χ3n) is 4.37. The van der Waals surface area contributed by atoms with Crippen molar-refractivity contribution >= 4 is 27.5 Å². The van der Waals surface area contributed by atoms with E-state index in [9.17, 15) is 23.1 Å². The predicted octanol–water partition coefficient (Wildman–Crippen LogP) is 4.98. The van der Waals surface area contributed by atoms with Crippen LogP contribution < -0.4 is 5.32 Å². The van der Waals surface area contributed by atoms with Gasteiger partial charge >= 0.3 is 6.18 Å². The van der Waals surface area contributed by atoms with E-state index in [4.69, 9.17) is 0 Å². The molecule has 2 unspecified atom stereocenters. The minimum atomic E-state index is -4.49. The van der Waals surface area contributed by atoms with E-state index in [1.165, 1.54) is 6.07 Å². The molecule has 1 aromatic rings. The average Bonchev–Trinajstić information content (AvgIpc) is 2.33. The molecule has 0 radical (unpaired) electrons. The number of benzene rings is 1. The van der Waals surface area contributed by atoms with Gasteiger partial charge in [0.05, 0.1) is 11.7 Å². The maximum atomic E-state index is 12.9. The van der Waals surface area contributed by atoms with Crippen molar-refractivity contribution in [3.63, 3.8) is 0 Å². The van der Waals surface area contributed by atoms with E-state index in [1.54, 1.807) is 6.92 Å². The molecule has 2 rings (SSSR count). The van der Waals surface area contributed by atoms with Crippen LogP contribution in [-0.2, 0) is 11.0 Å². The lowest BCUT2D eigenvalue weighted by molar-refractivity contribution is -0.137. The summed E-state index contributed by atoms with van der Waals surface area (Å²) >= 11 is 3.04. The fourth-order valence-corrected chi connectivity index (χ4v) is 4.20. The minimum absolute atomic E-state index is 0.0841. The summed E-state index contributed by atoms with van der Waals surface area (Å²) in [5.74, 6) is -0.374. The van der Waals surface area contributed by atoms with E-state index in [0.29, 0.717) is 19.3 Å². The first-order chi connectivity index (χ1) is 10.8. The summed E-state index contributed by atoms with van der Waals surface area (Å²) in [5, 5.41) is 12.6. The van der Waals surface area contributed by atoms with Gasteiger partial charge in [-0.2, -0.15) is 13.2 Å². The second-order valence-electron chi connectivity index (χ2n) is 7.64. The van der Waals surface area contributed by atoms with Crippen molar-refractivity contribution < 1.29 is 23.1 Å². The molecule has 1 fully saturated rings. The zero-order valence-electron chi connectivity index (χ0n) is 13.8. The molecule has 1 saturated carbocycles. The highest BCUT2D eigenvalue weighted by Gasteiger charge is 2.45. The molecule has 7 heteroatoms.